The van der Waals surface area contributed by atoms with Crippen LogP contribution >= 0.6 is 0 Å². The Morgan fingerprint density at radius 2 is 1.83 bits per heavy atom. The third-order valence-electron chi connectivity index (χ3n) is 2.11. The van der Waals surface area contributed by atoms with E-state index in [-0.39, 0.29) is 0 Å². The monoisotopic (exact) mass is 256 g/mol. The van der Waals surface area contributed by atoms with E-state index in [0.717, 1.165) is 25.3 Å². The second-order valence-electron chi connectivity index (χ2n) is 4.31. The predicted molar refractivity (Wildman–Crippen MR) is 67.0 cm³/mol. The summed E-state index contributed by atoms with van der Waals surface area (Å²) in [6.45, 7) is 4.76. The number of nitrogens with one attached hydrogen (secondary N) is 2. The van der Waals surface area contributed by atoms with Crippen molar-refractivity contribution in [3.63, 3.8) is 0 Å². The molecule has 102 valence electrons. The van der Waals surface area contributed by atoms with Gasteiger partial charge in [-0.25, -0.2) is 9.59 Å². The number of carbonyl (C=O) groups is 3. The van der Waals surface area contributed by atoms with Gasteiger partial charge in [-0.1, -0.05) is 26.7 Å². The first-order valence-electron chi connectivity index (χ1n) is 5.91. The van der Waals surface area contributed by atoms with Crippen molar-refractivity contribution in [3.05, 3.63) is 12.2 Å². The van der Waals surface area contributed by atoms with Crippen LogP contribution in [0.5, 0.6) is 0 Å². The largest absolute Gasteiger partial charge is 0.478 e. The first kappa shape index (κ1) is 16.1. The fraction of sp³-hybridized carbons (Fsp3) is 0.583. The molecule has 0 saturated carbocycles. The molecule has 6 nitrogen and oxygen atoms in total. The van der Waals surface area contributed by atoms with Gasteiger partial charge < -0.3 is 10.4 Å². The highest BCUT2D eigenvalue weighted by molar-refractivity contribution is 6.02. The highest BCUT2D eigenvalue weighted by atomic mass is 16.4. The van der Waals surface area contributed by atoms with Crippen LogP contribution in [0.4, 0.5) is 4.79 Å². The average molecular weight is 256 g/mol. The Morgan fingerprint density at radius 3 is 2.39 bits per heavy atom. The number of hydrogen-bond donors (Lipinski definition) is 3. The Bertz CT molecular complexity index is 324. The van der Waals surface area contributed by atoms with Crippen LogP contribution in [0.15, 0.2) is 12.2 Å². The van der Waals surface area contributed by atoms with E-state index in [2.05, 4.69) is 19.2 Å². The number of carboxylic acid groups (broad SMARTS) is 1. The lowest BCUT2D eigenvalue weighted by molar-refractivity contribution is -0.131. The molecule has 0 aromatic carbocycles. The Hall–Kier alpha value is -1.85. The molecule has 0 spiro atoms. The lowest BCUT2D eigenvalue weighted by Crippen LogP contribution is -2.39. The van der Waals surface area contributed by atoms with E-state index < -0.39 is 17.9 Å². The second kappa shape index (κ2) is 9.21. The smallest absolute Gasteiger partial charge is 0.328 e. The van der Waals surface area contributed by atoms with E-state index in [9.17, 15) is 14.4 Å². The number of carbonyl (C=O) groups excluding carboxylic acids is 2. The van der Waals surface area contributed by atoms with Crippen molar-refractivity contribution >= 4 is 17.9 Å². The molecule has 0 bridgehead atoms. The van der Waals surface area contributed by atoms with E-state index in [1.54, 1.807) is 0 Å². The van der Waals surface area contributed by atoms with Crippen molar-refractivity contribution in [1.82, 2.24) is 10.6 Å². The first-order chi connectivity index (χ1) is 8.41. The van der Waals surface area contributed by atoms with E-state index in [1.807, 2.05) is 5.32 Å². The van der Waals surface area contributed by atoms with Gasteiger partial charge in [0.05, 0.1) is 0 Å². The van der Waals surface area contributed by atoms with Gasteiger partial charge in [0.1, 0.15) is 0 Å². The molecule has 0 atom stereocenters. The first-order valence-corrected chi connectivity index (χ1v) is 5.91. The van der Waals surface area contributed by atoms with Crippen LogP contribution in [-0.2, 0) is 9.59 Å². The minimum Gasteiger partial charge on any atom is -0.478 e. The molecule has 0 aromatic rings. The number of amides is 3. The van der Waals surface area contributed by atoms with Crippen LogP contribution < -0.4 is 10.6 Å². The zero-order valence-corrected chi connectivity index (χ0v) is 10.7. The number of urea groups is 1. The zero-order valence-electron chi connectivity index (χ0n) is 10.7. The summed E-state index contributed by atoms with van der Waals surface area (Å²) in [6.07, 6.45) is 4.44. The summed E-state index contributed by atoms with van der Waals surface area (Å²) in [7, 11) is 0. The van der Waals surface area contributed by atoms with Crippen LogP contribution in [0.1, 0.15) is 33.1 Å². The fourth-order valence-electron chi connectivity index (χ4n) is 1.22. The standard InChI is InChI=1S/C12H20N2O4/c1-9(2)5-3-4-8-13-12(18)14-10(15)6-7-11(16)17/h6-7,9H,3-5,8H2,1-2H3,(H,16,17)(H2,13,14,15,18)/b7-6+. The second-order valence-corrected chi connectivity index (χ2v) is 4.31. The molecule has 0 heterocycles. The summed E-state index contributed by atoms with van der Waals surface area (Å²) in [5.74, 6) is -1.35. The van der Waals surface area contributed by atoms with Crippen LogP contribution in [0.25, 0.3) is 0 Å². The van der Waals surface area contributed by atoms with Gasteiger partial charge in [0, 0.05) is 18.7 Å². The van der Waals surface area contributed by atoms with Gasteiger partial charge in [-0.3, -0.25) is 10.1 Å². The molecule has 0 aliphatic heterocycles. The number of aliphatic carboxylic acids is 1. The predicted octanol–water partition coefficient (Wildman–Crippen LogP) is 1.28. The Kier molecular flexibility index (Phi) is 8.26. The Morgan fingerprint density at radius 1 is 1.17 bits per heavy atom. The van der Waals surface area contributed by atoms with Crippen molar-refractivity contribution in [1.29, 1.82) is 0 Å². The van der Waals surface area contributed by atoms with Gasteiger partial charge >= 0.3 is 12.0 Å². The molecule has 0 radical (unpaired) electrons. The molecule has 0 unspecified atom stereocenters. The van der Waals surface area contributed by atoms with Crippen molar-refractivity contribution < 1.29 is 19.5 Å². The van der Waals surface area contributed by atoms with Crippen molar-refractivity contribution in [2.24, 2.45) is 5.92 Å². The molecule has 0 fully saturated rings. The summed E-state index contributed by atoms with van der Waals surface area (Å²) < 4.78 is 0. The van der Waals surface area contributed by atoms with Crippen molar-refractivity contribution in [2.45, 2.75) is 33.1 Å². The van der Waals surface area contributed by atoms with Crippen LogP contribution in [0.2, 0.25) is 0 Å². The van der Waals surface area contributed by atoms with E-state index >= 15 is 0 Å². The highest BCUT2D eigenvalue weighted by Crippen LogP contribution is 2.04. The summed E-state index contributed by atoms with van der Waals surface area (Å²) in [6, 6.07) is -0.611. The van der Waals surface area contributed by atoms with Gasteiger partial charge in [-0.05, 0) is 12.3 Å². The minimum atomic E-state index is -1.24. The normalized spacial score (nSPS) is 10.6. The van der Waals surface area contributed by atoms with Crippen molar-refractivity contribution in [2.75, 3.05) is 6.54 Å². The minimum absolute atomic E-state index is 0.495. The topological polar surface area (TPSA) is 95.5 Å². The molecular weight excluding hydrogens is 236 g/mol. The third-order valence-corrected chi connectivity index (χ3v) is 2.11. The number of rotatable bonds is 7. The van der Waals surface area contributed by atoms with Gasteiger partial charge in [-0.15, -0.1) is 0 Å². The molecule has 6 heteroatoms. The quantitative estimate of drug-likeness (QED) is 0.472. The maximum Gasteiger partial charge on any atom is 0.328 e. The zero-order chi connectivity index (χ0) is 14.0. The van der Waals surface area contributed by atoms with E-state index in [1.165, 1.54) is 0 Å². The number of carboxylic acids is 1. The SMILES string of the molecule is CC(C)CCCCNC(=O)NC(=O)/C=C/C(=O)O. The number of imide groups is 1. The van der Waals surface area contributed by atoms with Gasteiger partial charge in [0.2, 0.25) is 0 Å². The summed E-state index contributed by atoms with van der Waals surface area (Å²) in [4.78, 5) is 32.3. The average Bonchev–Trinajstić information content (AvgIpc) is 2.25. The lowest BCUT2D eigenvalue weighted by Gasteiger charge is -2.06. The molecule has 0 aromatic heterocycles. The van der Waals surface area contributed by atoms with E-state index in [0.29, 0.717) is 18.5 Å². The van der Waals surface area contributed by atoms with E-state index in [4.69, 9.17) is 5.11 Å². The number of hydrogen-bond acceptors (Lipinski definition) is 3. The molecule has 3 amide bonds. The van der Waals surface area contributed by atoms with Crippen molar-refractivity contribution in [3.8, 4) is 0 Å². The molecule has 0 rings (SSSR count). The molecule has 3 N–H and O–H groups in total. The molecule has 0 aliphatic carbocycles. The maximum atomic E-state index is 11.2. The van der Waals surface area contributed by atoms with Gasteiger partial charge in [-0.2, -0.15) is 0 Å². The van der Waals surface area contributed by atoms with Crippen LogP contribution in [0.3, 0.4) is 0 Å². The summed E-state index contributed by atoms with van der Waals surface area (Å²) in [5.41, 5.74) is 0. The molecular formula is C12H20N2O4. The molecule has 0 saturated heterocycles. The Labute approximate surface area is 106 Å². The summed E-state index contributed by atoms with van der Waals surface area (Å²) >= 11 is 0. The highest BCUT2D eigenvalue weighted by Gasteiger charge is 2.04. The third kappa shape index (κ3) is 10.7. The van der Waals surface area contributed by atoms with Gasteiger partial charge in [0.15, 0.2) is 0 Å². The number of unbranched alkanes of at least 4 members (excludes halogenated alkanes) is 1. The summed E-state index contributed by atoms with van der Waals surface area (Å²) in [5, 5.41) is 12.8. The molecule has 0 aliphatic rings. The van der Waals surface area contributed by atoms with Gasteiger partial charge in [0.25, 0.3) is 5.91 Å². The van der Waals surface area contributed by atoms with Crippen LogP contribution in [0, 0.1) is 5.92 Å². The Balaban J connectivity index is 3.65. The molecule has 18 heavy (non-hydrogen) atoms. The van der Waals surface area contributed by atoms with Crippen LogP contribution in [-0.4, -0.2) is 29.6 Å². The maximum absolute atomic E-state index is 11.2. The lowest BCUT2D eigenvalue weighted by atomic mass is 10.1. The fourth-order valence-corrected chi connectivity index (χ4v) is 1.22.